The Morgan fingerprint density at radius 3 is 2.37 bits per heavy atom. The fraction of sp³-hybridized carbons (Fsp3) is 0.529. The van der Waals surface area contributed by atoms with Gasteiger partial charge in [-0.2, -0.15) is 0 Å². The van der Waals surface area contributed by atoms with Crippen molar-refractivity contribution in [1.29, 1.82) is 0 Å². The summed E-state index contributed by atoms with van der Waals surface area (Å²) in [7, 11) is 1.73. The zero-order valence-electron chi connectivity index (χ0n) is 12.8. The third-order valence-corrected chi connectivity index (χ3v) is 3.72. The predicted octanol–water partition coefficient (Wildman–Crippen LogP) is 4.60. The van der Waals surface area contributed by atoms with Crippen LogP contribution in [0, 0.1) is 5.41 Å². The molecule has 1 aromatic carbocycles. The largest absolute Gasteiger partial charge is 0.496 e. The van der Waals surface area contributed by atoms with Crippen LogP contribution in [0.4, 0.5) is 0 Å². The normalized spacial score (nSPS) is 21.3. The smallest absolute Gasteiger partial charge is 0.132 e. The van der Waals surface area contributed by atoms with E-state index in [1.807, 2.05) is 0 Å². The van der Waals surface area contributed by atoms with Gasteiger partial charge in [0.1, 0.15) is 11.9 Å². The van der Waals surface area contributed by atoms with Gasteiger partial charge in [0.05, 0.1) is 13.4 Å². The third-order valence-electron chi connectivity index (χ3n) is 3.72. The lowest BCUT2D eigenvalue weighted by atomic mass is 9.81. The quantitative estimate of drug-likeness (QED) is 0.773. The van der Waals surface area contributed by atoms with Gasteiger partial charge < -0.3 is 9.47 Å². The van der Waals surface area contributed by atoms with Crippen LogP contribution in [-0.4, -0.2) is 7.11 Å². The van der Waals surface area contributed by atoms with E-state index in [2.05, 4.69) is 58.9 Å². The maximum absolute atomic E-state index is 5.74. The number of hydrogen-bond acceptors (Lipinski definition) is 2. The highest BCUT2D eigenvalue weighted by atomic mass is 16.5. The van der Waals surface area contributed by atoms with E-state index >= 15 is 0 Å². The van der Waals surface area contributed by atoms with Crippen LogP contribution in [0.3, 0.4) is 0 Å². The second-order valence-electron chi connectivity index (χ2n) is 6.85. The van der Waals surface area contributed by atoms with Crippen LogP contribution >= 0.6 is 0 Å². The number of hydrogen-bond donors (Lipinski definition) is 0. The highest BCUT2D eigenvalue weighted by Crippen LogP contribution is 2.44. The monoisotopic (exact) mass is 260 g/mol. The molecule has 0 spiro atoms. The molecular weight excluding hydrogens is 236 g/mol. The molecule has 0 N–H and O–H groups in total. The Labute approximate surface area is 116 Å². The van der Waals surface area contributed by atoms with E-state index in [4.69, 9.17) is 9.47 Å². The van der Waals surface area contributed by atoms with Gasteiger partial charge in [-0.1, -0.05) is 46.8 Å². The number of methoxy groups -OCH3 is 1. The molecule has 0 fully saturated rings. The highest BCUT2D eigenvalue weighted by Gasteiger charge is 2.34. The summed E-state index contributed by atoms with van der Waals surface area (Å²) in [5, 5.41) is 0. The van der Waals surface area contributed by atoms with Crippen LogP contribution < -0.4 is 4.74 Å². The van der Waals surface area contributed by atoms with Crippen molar-refractivity contribution >= 4 is 0 Å². The fourth-order valence-corrected chi connectivity index (χ4v) is 2.55. The molecule has 2 heteroatoms. The Kier molecular flexibility index (Phi) is 3.38. The Hall–Kier alpha value is -1.44. The molecule has 1 unspecified atom stereocenters. The minimum Gasteiger partial charge on any atom is -0.496 e. The van der Waals surface area contributed by atoms with Crippen LogP contribution in [0.2, 0.25) is 0 Å². The summed E-state index contributed by atoms with van der Waals surface area (Å²) < 4.78 is 11.3. The van der Waals surface area contributed by atoms with Gasteiger partial charge in [0.25, 0.3) is 0 Å². The minimum absolute atomic E-state index is 0.0221. The van der Waals surface area contributed by atoms with Crippen LogP contribution in [-0.2, 0) is 10.2 Å². The van der Waals surface area contributed by atoms with Crippen LogP contribution in [0.15, 0.2) is 30.5 Å². The minimum atomic E-state index is 0.0221. The standard InChI is InChI=1S/C17H24O2/c1-16(2,3)13-8-7-12(11-14(13)18-6)15-17(4,5)9-10-19-15/h7-11,15H,1-6H3. The summed E-state index contributed by atoms with van der Waals surface area (Å²) in [4.78, 5) is 0. The molecule has 1 aliphatic heterocycles. The first kappa shape index (κ1) is 14.0. The van der Waals surface area contributed by atoms with Crippen molar-refractivity contribution < 1.29 is 9.47 Å². The summed E-state index contributed by atoms with van der Waals surface area (Å²) >= 11 is 0. The molecule has 104 valence electrons. The highest BCUT2D eigenvalue weighted by molar-refractivity contribution is 5.43. The molecule has 0 aliphatic carbocycles. The average Bonchev–Trinajstić information content (AvgIpc) is 2.67. The summed E-state index contributed by atoms with van der Waals surface area (Å²) in [5.41, 5.74) is 2.49. The molecule has 0 radical (unpaired) electrons. The molecule has 1 aromatic rings. The molecule has 1 aliphatic rings. The lowest BCUT2D eigenvalue weighted by Crippen LogP contribution is -2.18. The zero-order chi connectivity index (χ0) is 14.3. The first-order valence-corrected chi connectivity index (χ1v) is 6.77. The molecule has 2 nitrogen and oxygen atoms in total. The SMILES string of the molecule is COc1cc(C2OC=CC2(C)C)ccc1C(C)(C)C. The first-order valence-electron chi connectivity index (χ1n) is 6.77. The van der Waals surface area contributed by atoms with E-state index in [1.54, 1.807) is 13.4 Å². The molecule has 0 aromatic heterocycles. The molecular formula is C17H24O2. The third kappa shape index (κ3) is 2.63. The van der Waals surface area contributed by atoms with Crippen molar-refractivity contribution in [3.63, 3.8) is 0 Å². The Morgan fingerprint density at radius 1 is 1.21 bits per heavy atom. The summed E-state index contributed by atoms with van der Waals surface area (Å²) in [6.45, 7) is 11.0. The van der Waals surface area contributed by atoms with E-state index in [1.165, 1.54) is 11.1 Å². The van der Waals surface area contributed by atoms with Gasteiger partial charge in [0.15, 0.2) is 0 Å². The van der Waals surface area contributed by atoms with Crippen molar-refractivity contribution in [3.8, 4) is 5.75 Å². The van der Waals surface area contributed by atoms with Crippen molar-refractivity contribution in [2.24, 2.45) is 5.41 Å². The Balaban J connectivity index is 2.41. The number of ether oxygens (including phenoxy) is 2. The topological polar surface area (TPSA) is 18.5 Å². The molecule has 2 rings (SSSR count). The van der Waals surface area contributed by atoms with Gasteiger partial charge in [0, 0.05) is 5.41 Å². The fourth-order valence-electron chi connectivity index (χ4n) is 2.55. The van der Waals surface area contributed by atoms with Crippen LogP contribution in [0.1, 0.15) is 51.8 Å². The van der Waals surface area contributed by atoms with Gasteiger partial charge in [-0.15, -0.1) is 0 Å². The van der Waals surface area contributed by atoms with Gasteiger partial charge in [-0.05, 0) is 28.7 Å². The maximum Gasteiger partial charge on any atom is 0.132 e. The predicted molar refractivity (Wildman–Crippen MR) is 78.4 cm³/mol. The Bertz CT molecular complexity index is 492. The van der Waals surface area contributed by atoms with Crippen LogP contribution in [0.5, 0.6) is 5.75 Å². The molecule has 0 amide bonds. The van der Waals surface area contributed by atoms with Crippen molar-refractivity contribution in [3.05, 3.63) is 41.7 Å². The molecule has 19 heavy (non-hydrogen) atoms. The van der Waals surface area contributed by atoms with Gasteiger partial charge >= 0.3 is 0 Å². The second-order valence-corrected chi connectivity index (χ2v) is 6.85. The summed E-state index contributed by atoms with van der Waals surface area (Å²) in [6, 6.07) is 6.43. The van der Waals surface area contributed by atoms with Crippen molar-refractivity contribution in [2.45, 2.75) is 46.1 Å². The molecule has 0 saturated carbocycles. The average molecular weight is 260 g/mol. The summed E-state index contributed by atoms with van der Waals surface area (Å²) in [5.74, 6) is 0.941. The van der Waals surface area contributed by atoms with Crippen molar-refractivity contribution in [1.82, 2.24) is 0 Å². The Morgan fingerprint density at radius 2 is 1.89 bits per heavy atom. The number of rotatable bonds is 2. The van der Waals surface area contributed by atoms with E-state index in [9.17, 15) is 0 Å². The molecule has 0 bridgehead atoms. The maximum atomic E-state index is 5.74. The van der Waals surface area contributed by atoms with E-state index in [-0.39, 0.29) is 16.9 Å². The van der Waals surface area contributed by atoms with Crippen LogP contribution in [0.25, 0.3) is 0 Å². The van der Waals surface area contributed by atoms with Gasteiger partial charge in [-0.3, -0.25) is 0 Å². The van der Waals surface area contributed by atoms with E-state index in [0.717, 1.165) is 5.75 Å². The molecule has 0 saturated heterocycles. The lowest BCUT2D eigenvalue weighted by Gasteiger charge is -2.27. The van der Waals surface area contributed by atoms with E-state index < -0.39 is 0 Å². The summed E-state index contributed by atoms with van der Waals surface area (Å²) in [6.07, 6.45) is 3.98. The molecule has 1 atom stereocenters. The lowest BCUT2D eigenvalue weighted by molar-refractivity contribution is 0.0957. The zero-order valence-corrected chi connectivity index (χ0v) is 12.8. The number of benzene rings is 1. The first-order chi connectivity index (χ1) is 8.75. The van der Waals surface area contributed by atoms with Crippen molar-refractivity contribution in [2.75, 3.05) is 7.11 Å². The molecule has 1 heterocycles. The van der Waals surface area contributed by atoms with E-state index in [0.29, 0.717) is 0 Å². The van der Waals surface area contributed by atoms with Gasteiger partial charge in [0.2, 0.25) is 0 Å². The van der Waals surface area contributed by atoms with Gasteiger partial charge in [-0.25, -0.2) is 0 Å². The second kappa shape index (κ2) is 4.59.